The molecule has 0 amide bonds. The fraction of sp³-hybridized carbons (Fsp3) is 1.00. The molecule has 7 heteroatoms. The van der Waals surface area contributed by atoms with Crippen LogP contribution in [-0.2, 0) is 14.6 Å². The summed E-state index contributed by atoms with van der Waals surface area (Å²) in [5.41, 5.74) is -0.491. The normalized spacial score (nSPS) is 12.9. The van der Waals surface area contributed by atoms with Gasteiger partial charge in [0.15, 0.2) is 0 Å². The van der Waals surface area contributed by atoms with Crippen molar-refractivity contribution in [3.63, 3.8) is 0 Å². The highest BCUT2D eigenvalue weighted by molar-refractivity contribution is 7.80. The van der Waals surface area contributed by atoms with E-state index in [1.807, 2.05) is 13.8 Å². The first-order chi connectivity index (χ1) is 7.27. The summed E-state index contributed by atoms with van der Waals surface area (Å²) in [6.45, 7) is 4.86. The van der Waals surface area contributed by atoms with Crippen LogP contribution in [0.1, 0.15) is 26.7 Å². The summed E-state index contributed by atoms with van der Waals surface area (Å²) in [6.07, 6.45) is 1.98. The molecule has 0 unspecified atom stereocenters. The van der Waals surface area contributed by atoms with Crippen LogP contribution in [0.2, 0.25) is 0 Å². The third kappa shape index (κ3) is 25.8. The number of hydrogen-bond donors (Lipinski definition) is 1. The summed E-state index contributed by atoms with van der Waals surface area (Å²) in [5, 5.41) is 9.41. The fourth-order valence-electron chi connectivity index (χ4n) is 0.986. The van der Waals surface area contributed by atoms with Gasteiger partial charge in [-0.2, -0.15) is 0 Å². The molecule has 0 spiro atoms. The molecule has 0 atom stereocenters. The minimum atomic E-state index is -4.41. The first-order valence-electron chi connectivity index (χ1n) is 5.31. The van der Waals surface area contributed by atoms with Crippen molar-refractivity contribution in [2.45, 2.75) is 32.3 Å². The Balaban J connectivity index is 0. The third-order valence-corrected chi connectivity index (χ3v) is 2.23. The van der Waals surface area contributed by atoms with Crippen LogP contribution in [-0.4, -0.2) is 63.0 Å². The second kappa shape index (κ2) is 7.27. The van der Waals surface area contributed by atoms with Crippen molar-refractivity contribution in [2.75, 3.05) is 34.8 Å². The lowest BCUT2D eigenvalue weighted by Gasteiger charge is -2.25. The van der Waals surface area contributed by atoms with Gasteiger partial charge in [0.2, 0.25) is 10.4 Å². The molecule has 0 fully saturated rings. The van der Waals surface area contributed by atoms with Gasteiger partial charge in [0.1, 0.15) is 0 Å². The monoisotopic (exact) mass is 271 g/mol. The van der Waals surface area contributed by atoms with E-state index in [0.717, 1.165) is 31.0 Å². The summed E-state index contributed by atoms with van der Waals surface area (Å²) >= 11 is 0. The van der Waals surface area contributed by atoms with Crippen LogP contribution in [0, 0.1) is 0 Å². The molecular weight excluding hydrogens is 246 g/mol. The summed E-state index contributed by atoms with van der Waals surface area (Å²) in [6, 6.07) is 0. The molecule has 0 aliphatic carbocycles. The van der Waals surface area contributed by atoms with Gasteiger partial charge in [-0.1, -0.05) is 0 Å². The van der Waals surface area contributed by atoms with Gasteiger partial charge >= 0.3 is 0 Å². The maximum atomic E-state index is 9.41. The van der Waals surface area contributed by atoms with Gasteiger partial charge in [-0.15, -0.1) is 0 Å². The van der Waals surface area contributed by atoms with E-state index in [1.165, 1.54) is 0 Å². The second-order valence-corrected chi connectivity index (χ2v) is 6.65. The predicted octanol–water partition coefficient (Wildman–Crippen LogP) is 0.337. The molecule has 0 aromatic rings. The van der Waals surface area contributed by atoms with Crippen molar-refractivity contribution in [3.05, 3.63) is 0 Å². The van der Waals surface area contributed by atoms with Gasteiger partial charge in [-0.3, -0.25) is 4.18 Å². The van der Waals surface area contributed by atoms with Crippen LogP contribution < -0.4 is 0 Å². The Morgan fingerprint density at radius 2 is 1.65 bits per heavy atom. The number of hydrogen-bond acceptors (Lipinski definition) is 5. The minimum Gasteiger partial charge on any atom is -0.726 e. The van der Waals surface area contributed by atoms with E-state index < -0.39 is 16.0 Å². The van der Waals surface area contributed by atoms with Crippen molar-refractivity contribution in [3.8, 4) is 0 Å². The van der Waals surface area contributed by atoms with Crippen LogP contribution in [0.15, 0.2) is 0 Å². The fourth-order valence-corrected chi connectivity index (χ4v) is 0.986. The van der Waals surface area contributed by atoms with Gasteiger partial charge in [0.25, 0.3) is 0 Å². The van der Waals surface area contributed by atoms with E-state index in [1.54, 1.807) is 0 Å². The number of nitrogens with zero attached hydrogens (tertiary/aromatic N) is 1. The van der Waals surface area contributed by atoms with Crippen molar-refractivity contribution in [1.29, 1.82) is 0 Å². The maximum absolute atomic E-state index is 9.41. The lowest BCUT2D eigenvalue weighted by Crippen LogP contribution is -2.36. The molecule has 0 saturated carbocycles. The molecule has 0 bridgehead atoms. The van der Waals surface area contributed by atoms with Crippen molar-refractivity contribution < 1.29 is 26.7 Å². The third-order valence-electron chi connectivity index (χ3n) is 1.82. The molecule has 0 heterocycles. The lowest BCUT2D eigenvalue weighted by atomic mass is 10.0. The lowest BCUT2D eigenvalue weighted by molar-refractivity contribution is -0.870. The predicted molar refractivity (Wildman–Crippen MR) is 65.1 cm³/mol. The van der Waals surface area contributed by atoms with Crippen LogP contribution in [0.3, 0.4) is 0 Å². The summed E-state index contributed by atoms with van der Waals surface area (Å²) < 4.78 is 32.0. The first kappa shape index (κ1) is 19.1. The Kier molecular flexibility index (Phi) is 8.19. The summed E-state index contributed by atoms with van der Waals surface area (Å²) in [5.74, 6) is 0. The highest BCUT2D eigenvalue weighted by Crippen LogP contribution is 2.11. The Bertz CT molecular complexity index is 273. The summed E-state index contributed by atoms with van der Waals surface area (Å²) in [7, 11) is 2.91. The molecule has 0 saturated heterocycles. The Morgan fingerprint density at radius 1 is 1.29 bits per heavy atom. The smallest absolute Gasteiger partial charge is 0.217 e. The average molecular weight is 271 g/mol. The van der Waals surface area contributed by atoms with E-state index in [9.17, 15) is 18.1 Å². The topological polar surface area (TPSA) is 86.7 Å². The molecule has 0 aromatic heterocycles. The molecule has 0 radical (unpaired) electrons. The van der Waals surface area contributed by atoms with Gasteiger partial charge in [-0.25, -0.2) is 8.42 Å². The van der Waals surface area contributed by atoms with E-state index >= 15 is 0 Å². The van der Waals surface area contributed by atoms with Gasteiger partial charge in [0.05, 0.1) is 40.4 Å². The largest absolute Gasteiger partial charge is 0.726 e. The minimum absolute atomic E-state index is 0.491. The van der Waals surface area contributed by atoms with Gasteiger partial charge in [0, 0.05) is 0 Å². The van der Waals surface area contributed by atoms with Crippen molar-refractivity contribution in [2.24, 2.45) is 0 Å². The zero-order valence-electron chi connectivity index (χ0n) is 11.6. The standard InChI is InChI=1S/C9H22NO.CH4O4S/c1-9(2,11)7-6-8-10(3,4)5;1-5-6(2,3)4/h11H,6-8H2,1-5H3;1H3,(H,2,3,4)/q+1;/p-1. The highest BCUT2D eigenvalue weighted by atomic mass is 32.3. The summed E-state index contributed by atoms with van der Waals surface area (Å²) in [4.78, 5) is 0. The Labute approximate surface area is 105 Å². The van der Waals surface area contributed by atoms with Crippen molar-refractivity contribution in [1.82, 2.24) is 0 Å². The molecule has 0 aromatic carbocycles. The molecule has 106 valence electrons. The van der Waals surface area contributed by atoms with E-state index in [0.29, 0.717) is 0 Å². The van der Waals surface area contributed by atoms with E-state index in [4.69, 9.17) is 0 Å². The molecule has 0 rings (SSSR count). The SMILES string of the molecule is CC(C)(O)CCC[N+](C)(C)C.COS(=O)(=O)[O-]. The Hall–Kier alpha value is -0.210. The average Bonchev–Trinajstić information content (AvgIpc) is 1.98. The molecular formula is C10H25NO5S. The van der Waals surface area contributed by atoms with Crippen LogP contribution in [0.4, 0.5) is 0 Å². The van der Waals surface area contributed by atoms with E-state index in [-0.39, 0.29) is 0 Å². The quantitative estimate of drug-likeness (QED) is 0.442. The number of rotatable bonds is 5. The molecule has 0 aliphatic heterocycles. The van der Waals surface area contributed by atoms with Gasteiger partial charge < -0.3 is 14.1 Å². The molecule has 17 heavy (non-hydrogen) atoms. The van der Waals surface area contributed by atoms with Gasteiger partial charge in [-0.05, 0) is 26.7 Å². The first-order valence-corrected chi connectivity index (χ1v) is 6.64. The van der Waals surface area contributed by atoms with Crippen LogP contribution in [0.5, 0.6) is 0 Å². The zero-order valence-corrected chi connectivity index (χ0v) is 12.4. The number of quaternary nitrogens is 1. The van der Waals surface area contributed by atoms with Crippen LogP contribution >= 0.6 is 0 Å². The highest BCUT2D eigenvalue weighted by Gasteiger charge is 2.14. The molecule has 6 nitrogen and oxygen atoms in total. The van der Waals surface area contributed by atoms with Crippen LogP contribution in [0.25, 0.3) is 0 Å². The molecule has 1 N–H and O–H groups in total. The second-order valence-electron chi connectivity index (χ2n) is 5.50. The zero-order chi connectivity index (χ0) is 14.3. The number of aliphatic hydroxyl groups is 1. The Morgan fingerprint density at radius 3 is 1.82 bits per heavy atom. The van der Waals surface area contributed by atoms with Crippen molar-refractivity contribution >= 4 is 10.4 Å². The maximum Gasteiger partial charge on any atom is 0.217 e. The van der Waals surface area contributed by atoms with E-state index in [2.05, 4.69) is 25.3 Å². The molecule has 0 aliphatic rings.